The number of thioether (sulfide) groups is 1. The van der Waals surface area contributed by atoms with Gasteiger partial charge < -0.3 is 31.8 Å². The molecule has 4 atom stereocenters. The molecule has 0 bridgehead atoms. The molecule has 0 aliphatic carbocycles. The number of nitrogens with two attached hydrogens (primary N) is 1. The fourth-order valence-corrected chi connectivity index (χ4v) is 4.87. The molecule has 220 valence electrons. The van der Waals surface area contributed by atoms with Gasteiger partial charge in [0.2, 0.25) is 17.7 Å². The van der Waals surface area contributed by atoms with Gasteiger partial charge in [0.15, 0.2) is 0 Å². The number of amides is 3. The fraction of sp³-hybridized carbons (Fsp3) is 0.400. The summed E-state index contributed by atoms with van der Waals surface area (Å²) in [5, 5.41) is 18.9. The Morgan fingerprint density at radius 2 is 1.46 bits per heavy atom. The van der Waals surface area contributed by atoms with Crippen LogP contribution >= 0.6 is 11.8 Å². The van der Waals surface area contributed by atoms with Crippen LogP contribution in [0.2, 0.25) is 0 Å². The molecule has 0 radical (unpaired) electrons. The number of fused-ring (bicyclic) bond motifs is 1. The number of carboxylic acids is 1. The first-order valence-electron chi connectivity index (χ1n) is 13.6. The molecule has 0 saturated carbocycles. The third-order valence-corrected chi connectivity index (χ3v) is 7.54. The van der Waals surface area contributed by atoms with Gasteiger partial charge in [-0.25, -0.2) is 4.79 Å². The normalized spacial score (nSPS) is 14.2. The molecule has 0 aliphatic rings. The average Bonchev–Trinajstić information content (AvgIpc) is 3.36. The van der Waals surface area contributed by atoms with Gasteiger partial charge in [0, 0.05) is 29.9 Å². The molecular formula is C30H39N5O5S. The first-order valence-corrected chi connectivity index (χ1v) is 15.0. The van der Waals surface area contributed by atoms with Crippen LogP contribution in [0.1, 0.15) is 31.4 Å². The topological polar surface area (TPSA) is 166 Å². The van der Waals surface area contributed by atoms with Crippen molar-refractivity contribution < 1.29 is 24.3 Å². The zero-order valence-electron chi connectivity index (χ0n) is 23.6. The molecule has 41 heavy (non-hydrogen) atoms. The molecular weight excluding hydrogens is 542 g/mol. The molecule has 3 rings (SSSR count). The largest absolute Gasteiger partial charge is 0.480 e. The average molecular weight is 582 g/mol. The van der Waals surface area contributed by atoms with Gasteiger partial charge in [0.25, 0.3) is 0 Å². The van der Waals surface area contributed by atoms with Gasteiger partial charge >= 0.3 is 5.97 Å². The lowest BCUT2D eigenvalue weighted by Crippen LogP contribution is -2.58. The predicted molar refractivity (Wildman–Crippen MR) is 161 cm³/mol. The molecule has 1 heterocycles. The number of rotatable bonds is 15. The van der Waals surface area contributed by atoms with Gasteiger partial charge in [0.05, 0.1) is 6.04 Å². The van der Waals surface area contributed by atoms with Crippen LogP contribution in [0.15, 0.2) is 60.8 Å². The number of nitrogens with one attached hydrogen (secondary N) is 4. The van der Waals surface area contributed by atoms with E-state index >= 15 is 0 Å². The molecule has 2 aromatic carbocycles. The highest BCUT2D eigenvalue weighted by molar-refractivity contribution is 7.98. The summed E-state index contributed by atoms with van der Waals surface area (Å²) in [4.78, 5) is 54.9. The van der Waals surface area contributed by atoms with Gasteiger partial charge in [0.1, 0.15) is 18.1 Å². The van der Waals surface area contributed by atoms with Gasteiger partial charge in [-0.2, -0.15) is 11.8 Å². The Kier molecular flexibility index (Phi) is 11.8. The van der Waals surface area contributed by atoms with E-state index in [4.69, 9.17) is 5.73 Å². The van der Waals surface area contributed by atoms with E-state index in [1.807, 2.05) is 74.7 Å². The van der Waals surface area contributed by atoms with Crippen molar-refractivity contribution in [3.8, 4) is 0 Å². The van der Waals surface area contributed by atoms with Gasteiger partial charge in [-0.1, -0.05) is 62.4 Å². The maximum absolute atomic E-state index is 13.5. The number of aromatic amines is 1. The maximum Gasteiger partial charge on any atom is 0.326 e. The van der Waals surface area contributed by atoms with E-state index < -0.39 is 47.9 Å². The first-order chi connectivity index (χ1) is 19.6. The highest BCUT2D eigenvalue weighted by Crippen LogP contribution is 2.19. The monoisotopic (exact) mass is 581 g/mol. The van der Waals surface area contributed by atoms with Crippen LogP contribution in [0.4, 0.5) is 0 Å². The van der Waals surface area contributed by atoms with Gasteiger partial charge in [-0.05, 0) is 41.5 Å². The summed E-state index contributed by atoms with van der Waals surface area (Å²) in [6.07, 6.45) is 4.14. The lowest BCUT2D eigenvalue weighted by molar-refractivity contribution is -0.142. The van der Waals surface area contributed by atoms with Crippen LogP contribution < -0.4 is 21.7 Å². The maximum atomic E-state index is 13.5. The molecule has 0 spiro atoms. The van der Waals surface area contributed by atoms with E-state index in [0.717, 1.165) is 22.0 Å². The third-order valence-electron chi connectivity index (χ3n) is 6.89. The van der Waals surface area contributed by atoms with Crippen molar-refractivity contribution in [2.45, 2.75) is 57.3 Å². The lowest BCUT2D eigenvalue weighted by Gasteiger charge is -2.26. The number of aromatic nitrogens is 1. The minimum absolute atomic E-state index is 0.0636. The SMILES string of the molecule is CSCCC(NC(=O)C(Cc1ccccc1)NC(=O)C(N)C(C)C)C(=O)NC(Cc1c[nH]c2ccccc12)C(=O)O. The van der Waals surface area contributed by atoms with E-state index in [0.29, 0.717) is 5.75 Å². The number of carbonyl (C=O) groups is 4. The number of para-hydroxylation sites is 1. The van der Waals surface area contributed by atoms with Crippen LogP contribution in [-0.4, -0.2) is 70.0 Å². The summed E-state index contributed by atoms with van der Waals surface area (Å²) in [7, 11) is 0. The highest BCUT2D eigenvalue weighted by atomic mass is 32.2. The number of carbonyl (C=O) groups excluding carboxylic acids is 3. The van der Waals surface area contributed by atoms with Crippen molar-refractivity contribution in [1.82, 2.24) is 20.9 Å². The van der Waals surface area contributed by atoms with Crippen LogP contribution in [0.3, 0.4) is 0 Å². The van der Waals surface area contributed by atoms with Crippen molar-refractivity contribution in [2.75, 3.05) is 12.0 Å². The summed E-state index contributed by atoms with van der Waals surface area (Å²) in [6, 6.07) is 12.7. The van der Waals surface area contributed by atoms with Crippen molar-refractivity contribution in [1.29, 1.82) is 0 Å². The Labute approximate surface area is 244 Å². The number of hydrogen-bond donors (Lipinski definition) is 6. The molecule has 0 saturated heterocycles. The Bertz CT molecular complexity index is 1330. The molecule has 0 aliphatic heterocycles. The smallest absolute Gasteiger partial charge is 0.326 e. The molecule has 0 fully saturated rings. The summed E-state index contributed by atoms with van der Waals surface area (Å²) in [5.74, 6) is -2.40. The number of benzene rings is 2. The zero-order valence-corrected chi connectivity index (χ0v) is 24.4. The number of aliphatic carboxylic acids is 1. The summed E-state index contributed by atoms with van der Waals surface area (Å²) in [6.45, 7) is 3.63. The second-order valence-corrected chi connectivity index (χ2v) is 11.3. The van der Waals surface area contributed by atoms with E-state index in [1.54, 1.807) is 6.20 Å². The van der Waals surface area contributed by atoms with E-state index in [-0.39, 0.29) is 25.2 Å². The van der Waals surface area contributed by atoms with E-state index in [9.17, 15) is 24.3 Å². The van der Waals surface area contributed by atoms with Crippen LogP contribution in [0, 0.1) is 5.92 Å². The number of carboxylic acid groups (broad SMARTS) is 1. The second-order valence-electron chi connectivity index (χ2n) is 10.3. The molecule has 7 N–H and O–H groups in total. The zero-order chi connectivity index (χ0) is 29.9. The highest BCUT2D eigenvalue weighted by Gasteiger charge is 2.31. The quantitative estimate of drug-likeness (QED) is 0.160. The molecule has 11 heteroatoms. The molecule has 3 amide bonds. The third kappa shape index (κ3) is 9.09. The van der Waals surface area contributed by atoms with Crippen LogP contribution in [0.25, 0.3) is 10.9 Å². The molecule has 10 nitrogen and oxygen atoms in total. The fourth-order valence-electron chi connectivity index (χ4n) is 4.40. The van der Waals surface area contributed by atoms with Crippen molar-refractivity contribution >= 4 is 46.4 Å². The molecule has 1 aromatic heterocycles. The van der Waals surface area contributed by atoms with Crippen molar-refractivity contribution in [2.24, 2.45) is 11.7 Å². The lowest BCUT2D eigenvalue weighted by atomic mass is 10.0. The number of H-pyrrole nitrogens is 1. The minimum atomic E-state index is -1.21. The minimum Gasteiger partial charge on any atom is -0.480 e. The Morgan fingerprint density at radius 3 is 2.12 bits per heavy atom. The molecule has 3 aromatic rings. The van der Waals surface area contributed by atoms with Crippen molar-refractivity contribution in [3.05, 3.63) is 71.9 Å². The molecule has 4 unspecified atom stereocenters. The van der Waals surface area contributed by atoms with Crippen LogP contribution in [-0.2, 0) is 32.0 Å². The Morgan fingerprint density at radius 1 is 0.854 bits per heavy atom. The number of hydrogen-bond acceptors (Lipinski definition) is 6. The first kappa shape index (κ1) is 31.7. The summed E-state index contributed by atoms with van der Waals surface area (Å²) < 4.78 is 0. The standard InChI is InChI=1S/C30H39N5O5S/c1-18(2)26(31)29(38)34-24(15-19-9-5-4-6-10-19)28(37)33-23(13-14-41-3)27(36)35-25(30(39)40)16-20-17-32-22-12-8-7-11-21(20)22/h4-12,17-18,23-26,32H,13-16,31H2,1-3H3,(H,33,37)(H,34,38)(H,35,36)(H,39,40). The van der Waals surface area contributed by atoms with E-state index in [2.05, 4.69) is 20.9 Å². The van der Waals surface area contributed by atoms with Gasteiger partial charge in [-0.3, -0.25) is 14.4 Å². The predicted octanol–water partition coefficient (Wildman–Crippen LogP) is 2.23. The summed E-state index contributed by atoms with van der Waals surface area (Å²) in [5.41, 5.74) is 8.46. The van der Waals surface area contributed by atoms with Crippen molar-refractivity contribution in [3.63, 3.8) is 0 Å². The Hall–Kier alpha value is -3.83. The van der Waals surface area contributed by atoms with E-state index in [1.165, 1.54) is 11.8 Å². The Balaban J connectivity index is 1.77. The summed E-state index contributed by atoms with van der Waals surface area (Å²) >= 11 is 1.50. The van der Waals surface area contributed by atoms with Crippen LogP contribution in [0.5, 0.6) is 0 Å². The second kappa shape index (κ2) is 15.2. The van der Waals surface area contributed by atoms with Gasteiger partial charge in [-0.15, -0.1) is 0 Å².